The van der Waals surface area contributed by atoms with Crippen LogP contribution in [0.2, 0.25) is 0 Å². The highest BCUT2D eigenvalue weighted by Crippen LogP contribution is 2.18. The highest BCUT2D eigenvalue weighted by atomic mass is 32.2. The molecule has 3 nitrogen and oxygen atoms in total. The maximum absolute atomic E-state index is 10.3. The lowest BCUT2D eigenvalue weighted by Crippen LogP contribution is -2.48. The van der Waals surface area contributed by atoms with Crippen molar-refractivity contribution in [1.82, 2.24) is 4.90 Å². The van der Waals surface area contributed by atoms with Crippen LogP contribution in [0.3, 0.4) is 0 Å². The molecule has 12 heavy (non-hydrogen) atoms. The van der Waals surface area contributed by atoms with E-state index in [1.54, 1.807) is 0 Å². The van der Waals surface area contributed by atoms with Gasteiger partial charge in [-0.3, -0.25) is 4.79 Å². The summed E-state index contributed by atoms with van der Waals surface area (Å²) in [6, 6.07) is 0. The van der Waals surface area contributed by atoms with Gasteiger partial charge >= 0.3 is 5.97 Å². The van der Waals surface area contributed by atoms with Gasteiger partial charge in [-0.05, 0) is 12.2 Å². The molecule has 0 amide bonds. The van der Waals surface area contributed by atoms with Gasteiger partial charge in [-0.2, -0.15) is 11.8 Å². The number of carboxylic acids is 1. The fraction of sp³-hybridized carbons (Fsp3) is 0.875. The summed E-state index contributed by atoms with van der Waals surface area (Å²) in [5.74, 6) is 0.897. The molecule has 0 spiro atoms. The van der Waals surface area contributed by atoms with E-state index in [1.165, 1.54) is 0 Å². The molecule has 0 atom stereocenters. The summed E-state index contributed by atoms with van der Waals surface area (Å²) in [7, 11) is 0. The van der Waals surface area contributed by atoms with E-state index in [1.807, 2.05) is 11.8 Å². The second kappa shape index (κ2) is 4.72. The van der Waals surface area contributed by atoms with E-state index in [4.69, 9.17) is 5.11 Å². The lowest BCUT2D eigenvalue weighted by Gasteiger charge is -2.38. The molecule has 1 N–H and O–H groups in total. The first-order valence-electron chi connectivity index (χ1n) is 4.15. The molecular formula is C8H15NO2S. The van der Waals surface area contributed by atoms with Crippen LogP contribution in [0.25, 0.3) is 0 Å². The van der Waals surface area contributed by atoms with Gasteiger partial charge in [-0.15, -0.1) is 0 Å². The number of hydrogen-bond acceptors (Lipinski definition) is 3. The Kier molecular flexibility index (Phi) is 3.88. The van der Waals surface area contributed by atoms with E-state index in [0.717, 1.165) is 25.4 Å². The van der Waals surface area contributed by atoms with Gasteiger partial charge in [-0.1, -0.05) is 0 Å². The molecule has 70 valence electrons. The van der Waals surface area contributed by atoms with Gasteiger partial charge in [0.2, 0.25) is 0 Å². The molecule has 0 aromatic carbocycles. The molecule has 0 radical (unpaired) electrons. The summed E-state index contributed by atoms with van der Waals surface area (Å²) in [4.78, 5) is 12.6. The van der Waals surface area contributed by atoms with E-state index >= 15 is 0 Å². The quantitative estimate of drug-likeness (QED) is 0.693. The third-order valence-electron chi connectivity index (χ3n) is 2.11. The molecular weight excluding hydrogens is 174 g/mol. The SMILES string of the molecule is CSCCN1CC(CC(=O)O)C1. The lowest BCUT2D eigenvalue weighted by molar-refractivity contribution is -0.139. The third-order valence-corrected chi connectivity index (χ3v) is 2.70. The largest absolute Gasteiger partial charge is 0.481 e. The third kappa shape index (κ3) is 3.03. The van der Waals surface area contributed by atoms with E-state index in [0.29, 0.717) is 12.3 Å². The monoisotopic (exact) mass is 189 g/mol. The zero-order valence-electron chi connectivity index (χ0n) is 7.32. The zero-order chi connectivity index (χ0) is 8.97. The fourth-order valence-corrected chi connectivity index (χ4v) is 1.90. The summed E-state index contributed by atoms with van der Waals surface area (Å²) < 4.78 is 0. The number of carbonyl (C=O) groups is 1. The smallest absolute Gasteiger partial charge is 0.303 e. The normalized spacial score (nSPS) is 19.1. The zero-order valence-corrected chi connectivity index (χ0v) is 8.14. The first-order valence-corrected chi connectivity index (χ1v) is 5.55. The second-order valence-electron chi connectivity index (χ2n) is 3.22. The van der Waals surface area contributed by atoms with Crippen molar-refractivity contribution in [2.24, 2.45) is 5.92 Å². The van der Waals surface area contributed by atoms with Crippen LogP contribution >= 0.6 is 11.8 Å². The molecule has 1 saturated heterocycles. The number of aliphatic carboxylic acids is 1. The number of thioether (sulfide) groups is 1. The molecule has 1 heterocycles. The molecule has 4 heteroatoms. The van der Waals surface area contributed by atoms with Gasteiger partial charge in [0.1, 0.15) is 0 Å². The Morgan fingerprint density at radius 2 is 2.33 bits per heavy atom. The Balaban J connectivity index is 2.00. The number of carboxylic acid groups (broad SMARTS) is 1. The van der Waals surface area contributed by atoms with Crippen LogP contribution < -0.4 is 0 Å². The first kappa shape index (κ1) is 9.86. The van der Waals surface area contributed by atoms with Crippen molar-refractivity contribution in [1.29, 1.82) is 0 Å². The van der Waals surface area contributed by atoms with Crippen LogP contribution in [0.1, 0.15) is 6.42 Å². The predicted molar refractivity (Wildman–Crippen MR) is 50.6 cm³/mol. The minimum atomic E-state index is -0.662. The number of likely N-dealkylation sites (tertiary alicyclic amines) is 1. The van der Waals surface area contributed by atoms with Crippen molar-refractivity contribution in [3.63, 3.8) is 0 Å². The standard InChI is InChI=1S/C8H15NO2S/c1-12-3-2-9-5-7(6-9)4-8(10)11/h7H,2-6H2,1H3,(H,10,11). The Bertz CT molecular complexity index is 157. The van der Waals surface area contributed by atoms with Crippen molar-refractivity contribution >= 4 is 17.7 Å². The van der Waals surface area contributed by atoms with Crippen molar-refractivity contribution in [2.75, 3.05) is 31.6 Å². The molecule has 0 aromatic rings. The summed E-state index contributed by atoms with van der Waals surface area (Å²) in [6.07, 6.45) is 2.43. The second-order valence-corrected chi connectivity index (χ2v) is 4.20. The summed E-state index contributed by atoms with van der Waals surface area (Å²) in [6.45, 7) is 3.07. The molecule has 0 bridgehead atoms. The topological polar surface area (TPSA) is 40.5 Å². The highest BCUT2D eigenvalue weighted by Gasteiger charge is 2.27. The minimum absolute atomic E-state index is 0.343. The van der Waals surface area contributed by atoms with Crippen LogP contribution in [-0.2, 0) is 4.79 Å². The Morgan fingerprint density at radius 3 is 2.83 bits per heavy atom. The van der Waals surface area contributed by atoms with Crippen molar-refractivity contribution in [2.45, 2.75) is 6.42 Å². The van der Waals surface area contributed by atoms with E-state index in [-0.39, 0.29) is 0 Å². The molecule has 1 aliphatic rings. The van der Waals surface area contributed by atoms with Gasteiger partial charge < -0.3 is 10.0 Å². The van der Waals surface area contributed by atoms with E-state index in [9.17, 15) is 4.79 Å². The average molecular weight is 189 g/mol. The summed E-state index contributed by atoms with van der Waals surface area (Å²) >= 11 is 1.84. The Labute approximate surface area is 77.1 Å². The van der Waals surface area contributed by atoms with E-state index < -0.39 is 5.97 Å². The molecule has 0 unspecified atom stereocenters. The van der Waals surface area contributed by atoms with Gasteiger partial charge in [0.15, 0.2) is 0 Å². The molecule has 1 aliphatic heterocycles. The number of rotatable bonds is 5. The first-order chi connectivity index (χ1) is 5.72. The van der Waals surface area contributed by atoms with Crippen molar-refractivity contribution in [3.8, 4) is 0 Å². The highest BCUT2D eigenvalue weighted by molar-refractivity contribution is 7.98. The fourth-order valence-electron chi connectivity index (χ4n) is 1.46. The van der Waals surface area contributed by atoms with Crippen LogP contribution in [0.5, 0.6) is 0 Å². The molecule has 1 rings (SSSR count). The average Bonchev–Trinajstić information content (AvgIpc) is 1.93. The Hall–Kier alpha value is -0.220. The van der Waals surface area contributed by atoms with Gasteiger partial charge in [0, 0.05) is 25.4 Å². The van der Waals surface area contributed by atoms with Gasteiger partial charge in [0.05, 0.1) is 6.42 Å². The predicted octanol–water partition coefficient (Wildman–Crippen LogP) is 0.756. The number of nitrogens with zero attached hydrogens (tertiary/aromatic N) is 1. The Morgan fingerprint density at radius 1 is 1.67 bits per heavy atom. The maximum Gasteiger partial charge on any atom is 0.303 e. The number of hydrogen-bond donors (Lipinski definition) is 1. The van der Waals surface area contributed by atoms with Crippen LogP contribution in [0.15, 0.2) is 0 Å². The molecule has 0 aliphatic carbocycles. The summed E-state index contributed by atoms with van der Waals surface area (Å²) in [5, 5.41) is 8.49. The lowest BCUT2D eigenvalue weighted by atomic mass is 9.97. The minimum Gasteiger partial charge on any atom is -0.481 e. The molecule has 1 fully saturated rings. The van der Waals surface area contributed by atoms with Gasteiger partial charge in [-0.25, -0.2) is 0 Å². The van der Waals surface area contributed by atoms with Gasteiger partial charge in [0.25, 0.3) is 0 Å². The van der Waals surface area contributed by atoms with Crippen LogP contribution in [0, 0.1) is 5.92 Å². The molecule has 0 aromatic heterocycles. The van der Waals surface area contributed by atoms with Crippen LogP contribution in [0.4, 0.5) is 0 Å². The summed E-state index contributed by atoms with van der Waals surface area (Å²) in [5.41, 5.74) is 0. The van der Waals surface area contributed by atoms with Crippen LogP contribution in [-0.4, -0.2) is 47.6 Å². The maximum atomic E-state index is 10.3. The molecule has 0 saturated carbocycles. The van der Waals surface area contributed by atoms with Crippen molar-refractivity contribution < 1.29 is 9.90 Å². The van der Waals surface area contributed by atoms with E-state index in [2.05, 4.69) is 11.2 Å². The van der Waals surface area contributed by atoms with Crippen molar-refractivity contribution in [3.05, 3.63) is 0 Å².